The molecule has 1 heterocycles. The topological polar surface area (TPSA) is 49.4 Å². The third-order valence-corrected chi connectivity index (χ3v) is 4.00. The van der Waals surface area contributed by atoms with Crippen molar-refractivity contribution in [2.75, 3.05) is 5.32 Å². The molecule has 1 aliphatic heterocycles. The Morgan fingerprint density at radius 2 is 1.83 bits per heavy atom. The van der Waals surface area contributed by atoms with Gasteiger partial charge in [0.05, 0.1) is 18.2 Å². The Hall–Kier alpha value is -2.95. The SMILES string of the molecule is CC(=O)N1C=Cc2ccccc2[C@@H]1CC(=O)Nc1ccccc1F. The summed E-state index contributed by atoms with van der Waals surface area (Å²) in [7, 11) is 0. The van der Waals surface area contributed by atoms with Crippen molar-refractivity contribution < 1.29 is 14.0 Å². The first-order valence-corrected chi connectivity index (χ1v) is 7.66. The van der Waals surface area contributed by atoms with Crippen molar-refractivity contribution in [3.05, 3.63) is 71.7 Å². The normalized spacial score (nSPS) is 15.8. The maximum atomic E-state index is 13.7. The predicted octanol–water partition coefficient (Wildman–Crippen LogP) is 3.73. The molecule has 0 aliphatic carbocycles. The van der Waals surface area contributed by atoms with Crippen LogP contribution in [-0.4, -0.2) is 16.7 Å². The number of hydrogen-bond acceptors (Lipinski definition) is 2. The second-order valence-electron chi connectivity index (χ2n) is 5.62. The van der Waals surface area contributed by atoms with E-state index in [4.69, 9.17) is 0 Å². The van der Waals surface area contributed by atoms with Gasteiger partial charge in [-0.25, -0.2) is 4.39 Å². The summed E-state index contributed by atoms with van der Waals surface area (Å²) in [5.74, 6) is -0.982. The van der Waals surface area contributed by atoms with E-state index < -0.39 is 11.9 Å². The molecule has 4 nitrogen and oxygen atoms in total. The zero-order valence-corrected chi connectivity index (χ0v) is 13.2. The van der Waals surface area contributed by atoms with E-state index >= 15 is 0 Å². The molecule has 122 valence electrons. The Morgan fingerprint density at radius 1 is 1.12 bits per heavy atom. The highest BCUT2D eigenvalue weighted by molar-refractivity contribution is 5.92. The van der Waals surface area contributed by atoms with E-state index in [0.717, 1.165) is 11.1 Å². The number of amides is 2. The van der Waals surface area contributed by atoms with Gasteiger partial charge in [-0.15, -0.1) is 0 Å². The number of carbonyl (C=O) groups is 2. The number of benzene rings is 2. The third kappa shape index (κ3) is 3.20. The van der Waals surface area contributed by atoms with Gasteiger partial charge in [0.15, 0.2) is 0 Å². The fraction of sp³-hybridized carbons (Fsp3) is 0.158. The van der Waals surface area contributed by atoms with Crippen LogP contribution in [0, 0.1) is 5.82 Å². The summed E-state index contributed by atoms with van der Waals surface area (Å²) in [6.07, 6.45) is 3.59. The van der Waals surface area contributed by atoms with Gasteiger partial charge in [0.25, 0.3) is 0 Å². The van der Waals surface area contributed by atoms with Crippen molar-refractivity contribution >= 4 is 23.6 Å². The Kier molecular flexibility index (Phi) is 4.42. The van der Waals surface area contributed by atoms with Crippen molar-refractivity contribution in [2.45, 2.75) is 19.4 Å². The van der Waals surface area contributed by atoms with Gasteiger partial charge in [-0.1, -0.05) is 36.4 Å². The predicted molar refractivity (Wildman–Crippen MR) is 90.4 cm³/mol. The summed E-state index contributed by atoms with van der Waals surface area (Å²) in [6.45, 7) is 1.46. The number of fused-ring (bicyclic) bond motifs is 1. The lowest BCUT2D eigenvalue weighted by atomic mass is 9.93. The molecule has 2 aromatic carbocycles. The van der Waals surface area contributed by atoms with Crippen LogP contribution >= 0.6 is 0 Å². The van der Waals surface area contributed by atoms with Crippen LogP contribution in [0.5, 0.6) is 0 Å². The average molecular weight is 324 g/mol. The van der Waals surface area contributed by atoms with Crippen LogP contribution in [0.15, 0.2) is 54.7 Å². The standard InChI is InChI=1S/C19H17FN2O2/c1-13(23)22-11-10-14-6-2-3-7-15(14)18(22)12-19(24)21-17-9-5-4-8-16(17)20/h2-11,18H,12H2,1H3,(H,21,24)/t18-/m0/s1. The number of rotatable bonds is 3. The molecule has 0 radical (unpaired) electrons. The van der Waals surface area contributed by atoms with E-state index in [1.807, 2.05) is 30.3 Å². The maximum Gasteiger partial charge on any atom is 0.226 e. The van der Waals surface area contributed by atoms with Crippen LogP contribution in [0.2, 0.25) is 0 Å². The van der Waals surface area contributed by atoms with Crippen LogP contribution < -0.4 is 5.32 Å². The molecule has 0 unspecified atom stereocenters. The van der Waals surface area contributed by atoms with Crippen molar-refractivity contribution in [3.63, 3.8) is 0 Å². The van der Waals surface area contributed by atoms with E-state index in [2.05, 4.69) is 5.32 Å². The van der Waals surface area contributed by atoms with Gasteiger partial charge in [-0.2, -0.15) is 0 Å². The van der Waals surface area contributed by atoms with Crippen molar-refractivity contribution in [3.8, 4) is 0 Å². The van der Waals surface area contributed by atoms with Crippen molar-refractivity contribution in [1.82, 2.24) is 4.90 Å². The first kappa shape index (κ1) is 15.9. The summed E-state index contributed by atoms with van der Waals surface area (Å²) in [5, 5.41) is 2.57. The number of para-hydroxylation sites is 1. The third-order valence-electron chi connectivity index (χ3n) is 4.00. The van der Waals surface area contributed by atoms with E-state index in [-0.39, 0.29) is 23.9 Å². The number of anilines is 1. The summed E-state index contributed by atoms with van der Waals surface area (Å²) < 4.78 is 13.7. The van der Waals surface area contributed by atoms with E-state index in [0.29, 0.717) is 0 Å². The molecule has 0 spiro atoms. The lowest BCUT2D eigenvalue weighted by Gasteiger charge is -2.32. The van der Waals surface area contributed by atoms with Gasteiger partial charge in [-0.05, 0) is 29.3 Å². The van der Waals surface area contributed by atoms with Gasteiger partial charge in [0.1, 0.15) is 5.82 Å². The number of halogens is 1. The summed E-state index contributed by atoms with van der Waals surface area (Å²) >= 11 is 0. The minimum Gasteiger partial charge on any atom is -0.324 e. The molecule has 2 aromatic rings. The highest BCUT2D eigenvalue weighted by Gasteiger charge is 2.28. The van der Waals surface area contributed by atoms with Crippen LogP contribution in [0.3, 0.4) is 0 Å². The molecule has 0 fully saturated rings. The Bertz CT molecular complexity index is 817. The minimum absolute atomic E-state index is 0.0509. The quantitative estimate of drug-likeness (QED) is 0.935. The fourth-order valence-corrected chi connectivity index (χ4v) is 2.85. The van der Waals surface area contributed by atoms with Crippen molar-refractivity contribution in [2.24, 2.45) is 0 Å². The minimum atomic E-state index is -0.488. The fourth-order valence-electron chi connectivity index (χ4n) is 2.85. The maximum absolute atomic E-state index is 13.7. The van der Waals surface area contributed by atoms with Gasteiger partial charge >= 0.3 is 0 Å². The summed E-state index contributed by atoms with van der Waals surface area (Å²) in [6, 6.07) is 13.2. The monoisotopic (exact) mass is 324 g/mol. The number of carbonyl (C=O) groups excluding carboxylic acids is 2. The second kappa shape index (κ2) is 6.66. The molecular weight excluding hydrogens is 307 g/mol. The zero-order chi connectivity index (χ0) is 17.1. The molecule has 3 rings (SSSR count). The van der Waals surface area contributed by atoms with Crippen LogP contribution in [0.4, 0.5) is 10.1 Å². The number of nitrogens with one attached hydrogen (secondary N) is 1. The molecule has 2 amide bonds. The van der Waals surface area contributed by atoms with E-state index in [9.17, 15) is 14.0 Å². The molecular formula is C19H17FN2O2. The van der Waals surface area contributed by atoms with Crippen LogP contribution in [0.1, 0.15) is 30.5 Å². The lowest BCUT2D eigenvalue weighted by Crippen LogP contribution is -2.33. The molecule has 0 bridgehead atoms. The zero-order valence-electron chi connectivity index (χ0n) is 13.2. The summed E-state index contributed by atoms with van der Waals surface area (Å²) in [5.41, 5.74) is 2.01. The molecule has 0 saturated carbocycles. The molecule has 1 aliphatic rings. The van der Waals surface area contributed by atoms with E-state index in [1.165, 1.54) is 24.0 Å². The summed E-state index contributed by atoms with van der Waals surface area (Å²) in [4.78, 5) is 25.8. The smallest absolute Gasteiger partial charge is 0.226 e. The lowest BCUT2D eigenvalue weighted by molar-refractivity contribution is -0.129. The van der Waals surface area contributed by atoms with Crippen molar-refractivity contribution in [1.29, 1.82) is 0 Å². The first-order valence-electron chi connectivity index (χ1n) is 7.66. The van der Waals surface area contributed by atoms with Crippen LogP contribution in [-0.2, 0) is 9.59 Å². The molecule has 0 aromatic heterocycles. The largest absolute Gasteiger partial charge is 0.324 e. The molecule has 24 heavy (non-hydrogen) atoms. The van der Waals surface area contributed by atoms with Crippen LogP contribution in [0.25, 0.3) is 6.08 Å². The molecule has 1 N–H and O–H groups in total. The van der Waals surface area contributed by atoms with Gasteiger partial charge in [0, 0.05) is 13.1 Å². The molecule has 5 heteroatoms. The Balaban J connectivity index is 1.83. The highest BCUT2D eigenvalue weighted by atomic mass is 19.1. The number of hydrogen-bond donors (Lipinski definition) is 1. The van der Waals surface area contributed by atoms with Gasteiger partial charge in [-0.3, -0.25) is 9.59 Å². The van der Waals surface area contributed by atoms with Gasteiger partial charge in [0.2, 0.25) is 11.8 Å². The average Bonchev–Trinajstić information content (AvgIpc) is 2.57. The van der Waals surface area contributed by atoms with Gasteiger partial charge < -0.3 is 10.2 Å². The Morgan fingerprint density at radius 3 is 2.58 bits per heavy atom. The molecule has 0 saturated heterocycles. The highest BCUT2D eigenvalue weighted by Crippen LogP contribution is 2.33. The number of nitrogens with zero attached hydrogens (tertiary/aromatic N) is 1. The van der Waals surface area contributed by atoms with E-state index in [1.54, 1.807) is 18.3 Å². The Labute approximate surface area is 139 Å². The first-order chi connectivity index (χ1) is 11.6. The second-order valence-corrected chi connectivity index (χ2v) is 5.62. The molecule has 1 atom stereocenters.